The van der Waals surface area contributed by atoms with Gasteiger partial charge < -0.3 is 11.5 Å². The van der Waals surface area contributed by atoms with Crippen molar-refractivity contribution in [3.8, 4) is 0 Å². The summed E-state index contributed by atoms with van der Waals surface area (Å²) in [5.74, 6) is 1.07. The van der Waals surface area contributed by atoms with Gasteiger partial charge in [0, 0.05) is 29.1 Å². The third-order valence-corrected chi connectivity index (χ3v) is 9.54. The van der Waals surface area contributed by atoms with Crippen molar-refractivity contribution in [2.24, 2.45) is 0 Å². The monoisotopic (exact) mass is 574 g/mol. The van der Waals surface area contributed by atoms with Crippen molar-refractivity contribution in [1.29, 1.82) is 0 Å². The van der Waals surface area contributed by atoms with E-state index in [0.29, 0.717) is 17.8 Å². The van der Waals surface area contributed by atoms with Crippen molar-refractivity contribution in [3.05, 3.63) is 129 Å². The summed E-state index contributed by atoms with van der Waals surface area (Å²) in [5.41, 5.74) is 24.5. The fourth-order valence-electron chi connectivity index (χ4n) is 6.77. The molecule has 0 saturated heterocycles. The van der Waals surface area contributed by atoms with E-state index in [1.807, 2.05) is 12.1 Å². The van der Waals surface area contributed by atoms with E-state index in [9.17, 15) is 0 Å². The quantitative estimate of drug-likeness (QED) is 0.110. The Morgan fingerprint density at radius 3 is 1.26 bits per heavy atom. The number of unbranched alkanes of at least 4 members (excludes halogenated alkanes) is 7. The third kappa shape index (κ3) is 8.75. The maximum Gasteiger partial charge on any atom is 0.0316 e. The molecule has 0 radical (unpaired) electrons. The Balaban J connectivity index is 1.51. The van der Waals surface area contributed by atoms with E-state index >= 15 is 0 Å². The molecule has 4 aromatic rings. The summed E-state index contributed by atoms with van der Waals surface area (Å²) in [6, 6.07) is 31.5. The highest BCUT2D eigenvalue weighted by molar-refractivity contribution is 5.49. The molecule has 43 heavy (non-hydrogen) atoms. The number of hydrogen-bond acceptors (Lipinski definition) is 2. The Morgan fingerprint density at radius 1 is 0.488 bits per heavy atom. The fraction of sp³-hybridized carbons (Fsp3) is 0.415. The van der Waals surface area contributed by atoms with Crippen LogP contribution in [0.1, 0.15) is 141 Å². The highest BCUT2D eigenvalue weighted by Gasteiger charge is 2.18. The molecule has 0 aromatic heterocycles. The van der Waals surface area contributed by atoms with Crippen molar-refractivity contribution >= 4 is 11.4 Å². The maximum absolute atomic E-state index is 6.02. The lowest BCUT2D eigenvalue weighted by molar-refractivity contribution is 0.551. The maximum atomic E-state index is 6.02. The van der Waals surface area contributed by atoms with Gasteiger partial charge in [0.1, 0.15) is 0 Å². The van der Waals surface area contributed by atoms with Gasteiger partial charge in [-0.2, -0.15) is 0 Å². The number of hydrogen-bond donors (Lipinski definition) is 2. The molecule has 228 valence electrons. The summed E-state index contributed by atoms with van der Waals surface area (Å²) in [5, 5.41) is 0. The van der Waals surface area contributed by atoms with E-state index in [2.05, 4.69) is 107 Å². The van der Waals surface area contributed by atoms with Crippen LogP contribution in [0.5, 0.6) is 0 Å². The minimum absolute atomic E-state index is 0.332. The van der Waals surface area contributed by atoms with Crippen molar-refractivity contribution in [2.45, 2.75) is 110 Å². The highest BCUT2D eigenvalue weighted by atomic mass is 14.5. The molecule has 2 atom stereocenters. The molecule has 0 amide bonds. The second kappa shape index (κ2) is 15.8. The van der Waals surface area contributed by atoms with E-state index in [4.69, 9.17) is 11.5 Å². The van der Waals surface area contributed by atoms with Crippen molar-refractivity contribution < 1.29 is 0 Å². The number of benzene rings is 4. The van der Waals surface area contributed by atoms with Gasteiger partial charge in [0.2, 0.25) is 0 Å². The van der Waals surface area contributed by atoms with Gasteiger partial charge in [-0.05, 0) is 89.0 Å². The van der Waals surface area contributed by atoms with Gasteiger partial charge in [-0.1, -0.05) is 133 Å². The second-order valence-electron chi connectivity index (χ2n) is 12.8. The van der Waals surface area contributed by atoms with Gasteiger partial charge in [0.25, 0.3) is 0 Å². The summed E-state index contributed by atoms with van der Waals surface area (Å²) in [6.45, 7) is 11.2. The lowest BCUT2D eigenvalue weighted by Gasteiger charge is -2.22. The van der Waals surface area contributed by atoms with Gasteiger partial charge in [0.15, 0.2) is 0 Å². The molecule has 0 saturated carbocycles. The topological polar surface area (TPSA) is 52.0 Å². The summed E-state index contributed by atoms with van der Waals surface area (Å²) in [6.07, 6.45) is 12.0. The van der Waals surface area contributed by atoms with Gasteiger partial charge in [-0.3, -0.25) is 0 Å². The van der Waals surface area contributed by atoms with Crippen LogP contribution in [0.2, 0.25) is 0 Å². The van der Waals surface area contributed by atoms with Crippen LogP contribution in [0.15, 0.2) is 84.9 Å². The van der Waals surface area contributed by atoms with Gasteiger partial charge in [-0.15, -0.1) is 0 Å². The summed E-state index contributed by atoms with van der Waals surface area (Å²) in [4.78, 5) is 0. The third-order valence-electron chi connectivity index (χ3n) is 9.54. The lowest BCUT2D eigenvalue weighted by Crippen LogP contribution is -2.05. The molecular formula is C41H54N2. The summed E-state index contributed by atoms with van der Waals surface area (Å²) < 4.78 is 0. The average Bonchev–Trinajstić information content (AvgIpc) is 3.00. The van der Waals surface area contributed by atoms with Gasteiger partial charge in [0.05, 0.1) is 0 Å². The average molecular weight is 575 g/mol. The Morgan fingerprint density at radius 2 is 0.860 bits per heavy atom. The molecule has 2 heteroatoms. The molecule has 4 rings (SSSR count). The van der Waals surface area contributed by atoms with E-state index in [1.54, 1.807) is 0 Å². The lowest BCUT2D eigenvalue weighted by atomic mass is 9.83. The van der Waals surface area contributed by atoms with Gasteiger partial charge in [-0.25, -0.2) is 0 Å². The summed E-state index contributed by atoms with van der Waals surface area (Å²) in [7, 11) is 0. The van der Waals surface area contributed by atoms with E-state index in [1.165, 1.54) is 102 Å². The Bertz CT molecular complexity index is 1320. The molecular weight excluding hydrogens is 520 g/mol. The molecule has 0 fully saturated rings. The Hall–Kier alpha value is -3.52. The zero-order valence-corrected chi connectivity index (χ0v) is 27.3. The van der Waals surface area contributed by atoms with Crippen LogP contribution in [0.4, 0.5) is 11.4 Å². The predicted octanol–water partition coefficient (Wildman–Crippen LogP) is 11.4. The Labute approximate surface area is 261 Å². The normalized spacial score (nSPS) is 13.5. The number of aryl methyl sites for hydroxylation is 2. The minimum Gasteiger partial charge on any atom is -0.399 e. The van der Waals surface area contributed by atoms with Crippen molar-refractivity contribution in [3.63, 3.8) is 0 Å². The first-order chi connectivity index (χ1) is 20.8. The number of nitrogens with two attached hydrogens (primary N) is 2. The number of nitrogen functional groups attached to an aromatic ring is 2. The molecule has 4 N–H and O–H groups in total. The van der Waals surface area contributed by atoms with E-state index in [-0.39, 0.29) is 0 Å². The molecule has 0 aliphatic carbocycles. The van der Waals surface area contributed by atoms with Crippen LogP contribution >= 0.6 is 0 Å². The molecule has 0 bridgehead atoms. The van der Waals surface area contributed by atoms with Crippen LogP contribution in [0, 0.1) is 13.8 Å². The molecule has 4 aromatic carbocycles. The largest absolute Gasteiger partial charge is 0.399 e. The molecule has 0 aliphatic rings. The first-order valence-corrected chi connectivity index (χ1v) is 16.7. The number of rotatable bonds is 15. The van der Waals surface area contributed by atoms with Gasteiger partial charge >= 0.3 is 0 Å². The van der Waals surface area contributed by atoms with Crippen LogP contribution in [0.25, 0.3) is 0 Å². The highest BCUT2D eigenvalue weighted by Crippen LogP contribution is 2.35. The smallest absolute Gasteiger partial charge is 0.0316 e. The SMILES string of the molecule is CCCCCCCCCCC(c1ccc(C(C)c2ccc(N)cc2C)cc1)c1ccc(C(C)c2ccc(N)cc2C)cc1. The van der Waals surface area contributed by atoms with Crippen molar-refractivity contribution in [1.82, 2.24) is 0 Å². The summed E-state index contributed by atoms with van der Waals surface area (Å²) >= 11 is 0. The zero-order chi connectivity index (χ0) is 30.8. The molecule has 0 spiro atoms. The predicted molar refractivity (Wildman–Crippen MR) is 188 cm³/mol. The molecule has 0 heterocycles. The molecule has 2 unspecified atom stereocenters. The zero-order valence-electron chi connectivity index (χ0n) is 27.3. The van der Waals surface area contributed by atoms with Crippen LogP contribution in [-0.4, -0.2) is 0 Å². The minimum atomic E-state index is 0.332. The van der Waals surface area contributed by atoms with E-state index < -0.39 is 0 Å². The van der Waals surface area contributed by atoms with E-state index in [0.717, 1.165) is 11.4 Å². The van der Waals surface area contributed by atoms with Crippen molar-refractivity contribution in [2.75, 3.05) is 11.5 Å². The standard InChI is InChI=1S/C41H54N2/c1-6-7-8-9-10-11-12-13-14-41(35-19-15-33(16-20-35)31(4)39-25-23-37(42)27-29(39)2)36-21-17-34(18-22-36)32(5)40-26-24-38(43)28-30(40)3/h15-28,31-32,41H,6-14,42-43H2,1-5H3. The Kier molecular flexibility index (Phi) is 11.9. The number of anilines is 2. The first kappa shape index (κ1) is 32.4. The molecule has 2 nitrogen and oxygen atoms in total. The van der Waals surface area contributed by atoms with Crippen LogP contribution in [0.3, 0.4) is 0 Å². The second-order valence-corrected chi connectivity index (χ2v) is 12.8. The fourth-order valence-corrected chi connectivity index (χ4v) is 6.77. The first-order valence-electron chi connectivity index (χ1n) is 16.7. The van der Waals surface area contributed by atoms with Crippen LogP contribution in [-0.2, 0) is 0 Å². The molecule has 0 aliphatic heterocycles. The van der Waals surface area contributed by atoms with Crippen LogP contribution < -0.4 is 11.5 Å².